The topological polar surface area (TPSA) is 41.6 Å². The summed E-state index contributed by atoms with van der Waals surface area (Å²) in [6, 6.07) is 8.13. The number of aromatic nitrogens is 3. The Bertz CT molecular complexity index is 1380. The molecule has 2 saturated carbocycles. The van der Waals surface area contributed by atoms with Crippen LogP contribution in [0, 0.1) is 48.0 Å². The van der Waals surface area contributed by atoms with Crippen LogP contribution in [0.3, 0.4) is 0 Å². The minimum absolute atomic E-state index is 0.216. The van der Waals surface area contributed by atoms with E-state index in [1.165, 1.54) is 24.1 Å². The zero-order chi connectivity index (χ0) is 22.9. The number of benzene rings is 2. The summed E-state index contributed by atoms with van der Waals surface area (Å²) >= 11 is 0. The first-order valence-corrected chi connectivity index (χ1v) is 11.8. The molecule has 2 heterocycles. The van der Waals surface area contributed by atoms with Crippen LogP contribution in [0.2, 0.25) is 0 Å². The Balaban J connectivity index is 1.21. The van der Waals surface area contributed by atoms with E-state index in [4.69, 9.17) is 0 Å². The third kappa shape index (κ3) is 3.33. The lowest BCUT2D eigenvalue weighted by Crippen LogP contribution is -2.24. The molecular weight excluding hydrogens is 423 g/mol. The van der Waals surface area contributed by atoms with Gasteiger partial charge in [0.25, 0.3) is 0 Å². The van der Waals surface area contributed by atoms with Crippen LogP contribution in [0.25, 0.3) is 21.9 Å². The highest BCUT2D eigenvalue weighted by Gasteiger charge is 2.48. The molecule has 33 heavy (non-hydrogen) atoms. The summed E-state index contributed by atoms with van der Waals surface area (Å²) in [6.07, 6.45) is 6.08. The van der Waals surface area contributed by atoms with Crippen molar-refractivity contribution in [2.75, 3.05) is 0 Å². The van der Waals surface area contributed by atoms with Crippen LogP contribution in [0.5, 0.6) is 0 Å². The Kier molecular flexibility index (Phi) is 4.75. The van der Waals surface area contributed by atoms with E-state index < -0.39 is 11.6 Å². The van der Waals surface area contributed by atoms with Crippen molar-refractivity contribution in [3.05, 3.63) is 70.9 Å². The van der Waals surface area contributed by atoms with Crippen molar-refractivity contribution in [3.8, 4) is 0 Å². The lowest BCUT2D eigenvalue weighted by atomic mass is 9.73. The smallest absolute Gasteiger partial charge is 0.164 e. The van der Waals surface area contributed by atoms with Gasteiger partial charge in [0, 0.05) is 29.6 Å². The number of aromatic amines is 1. The van der Waals surface area contributed by atoms with Gasteiger partial charge in [-0.2, -0.15) is 0 Å². The summed E-state index contributed by atoms with van der Waals surface area (Å²) < 4.78 is 41.6. The third-order valence-corrected chi connectivity index (χ3v) is 8.24. The SMILES string of the molecule is Cc1c(F)c(F)cc2[nH]c(CC(C)C3CC4CC3CC4c3ccnc4ccc(F)cc34)nc12. The molecule has 0 radical (unpaired) electrons. The average Bonchev–Trinajstić information content (AvgIpc) is 3.51. The lowest BCUT2D eigenvalue weighted by Gasteiger charge is -2.32. The van der Waals surface area contributed by atoms with Crippen molar-refractivity contribution in [3.63, 3.8) is 0 Å². The molecule has 0 spiro atoms. The maximum atomic E-state index is 13.9. The fourth-order valence-electron chi connectivity index (χ4n) is 6.72. The number of aryl methyl sites for hydroxylation is 1. The van der Waals surface area contributed by atoms with Crippen LogP contribution >= 0.6 is 0 Å². The molecule has 5 atom stereocenters. The lowest BCUT2D eigenvalue weighted by molar-refractivity contribution is 0.224. The second-order valence-corrected chi connectivity index (χ2v) is 10.1. The van der Waals surface area contributed by atoms with E-state index in [-0.39, 0.29) is 11.4 Å². The highest BCUT2D eigenvalue weighted by Crippen LogP contribution is 2.58. The first kappa shape index (κ1) is 20.7. The number of pyridine rings is 1. The summed E-state index contributed by atoms with van der Waals surface area (Å²) in [6.45, 7) is 3.83. The molecule has 2 aromatic carbocycles. The zero-order valence-corrected chi connectivity index (χ0v) is 18.7. The Labute approximate surface area is 190 Å². The molecular formula is C27H26F3N3. The molecule has 2 aliphatic rings. The Hall–Kier alpha value is -2.89. The summed E-state index contributed by atoms with van der Waals surface area (Å²) in [5, 5.41) is 0.941. The molecule has 0 aliphatic heterocycles. The number of hydrogen-bond acceptors (Lipinski definition) is 2. The molecule has 170 valence electrons. The largest absolute Gasteiger partial charge is 0.342 e. The van der Waals surface area contributed by atoms with Gasteiger partial charge in [0.1, 0.15) is 11.6 Å². The normalized spacial score (nSPS) is 25.4. The van der Waals surface area contributed by atoms with Gasteiger partial charge >= 0.3 is 0 Å². The highest BCUT2D eigenvalue weighted by molar-refractivity contribution is 5.82. The Morgan fingerprint density at radius 2 is 1.91 bits per heavy atom. The van der Waals surface area contributed by atoms with Crippen LogP contribution in [0.15, 0.2) is 36.5 Å². The summed E-state index contributed by atoms with van der Waals surface area (Å²) in [5.41, 5.74) is 3.41. The Morgan fingerprint density at radius 1 is 1.06 bits per heavy atom. The van der Waals surface area contributed by atoms with Crippen LogP contribution in [0.4, 0.5) is 13.2 Å². The van der Waals surface area contributed by atoms with Crippen molar-refractivity contribution in [1.29, 1.82) is 0 Å². The molecule has 0 saturated heterocycles. The maximum absolute atomic E-state index is 13.9. The second kappa shape index (κ2) is 7.57. The number of fused-ring (bicyclic) bond motifs is 4. The Morgan fingerprint density at radius 3 is 2.70 bits per heavy atom. The number of H-pyrrole nitrogens is 1. The molecule has 3 nitrogen and oxygen atoms in total. The van der Waals surface area contributed by atoms with E-state index in [0.717, 1.165) is 36.0 Å². The molecule has 6 rings (SSSR count). The predicted octanol–water partition coefficient (Wildman–Crippen LogP) is 6.85. The number of nitrogens with zero attached hydrogens (tertiary/aromatic N) is 2. The van der Waals surface area contributed by atoms with Crippen molar-refractivity contribution in [2.45, 2.75) is 45.4 Å². The number of hydrogen-bond donors (Lipinski definition) is 1. The minimum atomic E-state index is -0.842. The quantitative estimate of drug-likeness (QED) is 0.370. The summed E-state index contributed by atoms with van der Waals surface area (Å²) in [7, 11) is 0. The van der Waals surface area contributed by atoms with Gasteiger partial charge in [-0.25, -0.2) is 18.2 Å². The van der Waals surface area contributed by atoms with Crippen molar-refractivity contribution >= 4 is 21.9 Å². The molecule has 5 unspecified atom stereocenters. The van der Waals surface area contributed by atoms with E-state index in [0.29, 0.717) is 40.6 Å². The van der Waals surface area contributed by atoms with Gasteiger partial charge in [0.2, 0.25) is 0 Å². The first-order chi connectivity index (χ1) is 15.9. The van der Waals surface area contributed by atoms with Gasteiger partial charge in [-0.1, -0.05) is 6.92 Å². The maximum Gasteiger partial charge on any atom is 0.164 e. The number of rotatable bonds is 4. The molecule has 4 aromatic rings. The zero-order valence-electron chi connectivity index (χ0n) is 18.7. The number of halogens is 3. The van der Waals surface area contributed by atoms with Crippen LogP contribution in [0.1, 0.15) is 49.1 Å². The van der Waals surface area contributed by atoms with E-state index >= 15 is 0 Å². The van der Waals surface area contributed by atoms with Crippen LogP contribution < -0.4 is 0 Å². The summed E-state index contributed by atoms with van der Waals surface area (Å²) in [4.78, 5) is 12.2. The van der Waals surface area contributed by atoms with Crippen LogP contribution in [-0.2, 0) is 6.42 Å². The first-order valence-electron chi connectivity index (χ1n) is 11.8. The van der Waals surface area contributed by atoms with Gasteiger partial charge in [-0.3, -0.25) is 4.98 Å². The van der Waals surface area contributed by atoms with Crippen molar-refractivity contribution in [1.82, 2.24) is 15.0 Å². The predicted molar refractivity (Wildman–Crippen MR) is 122 cm³/mol. The van der Waals surface area contributed by atoms with E-state index in [1.54, 1.807) is 19.1 Å². The molecule has 2 aliphatic carbocycles. The molecule has 2 fully saturated rings. The second-order valence-electron chi connectivity index (χ2n) is 10.1. The molecule has 2 bridgehead atoms. The molecule has 1 N–H and O–H groups in total. The molecule has 6 heteroatoms. The fourth-order valence-corrected chi connectivity index (χ4v) is 6.72. The third-order valence-electron chi connectivity index (χ3n) is 8.24. The van der Waals surface area contributed by atoms with Gasteiger partial charge in [-0.15, -0.1) is 0 Å². The van der Waals surface area contributed by atoms with Gasteiger partial charge in [-0.05, 0) is 85.6 Å². The van der Waals surface area contributed by atoms with Gasteiger partial charge < -0.3 is 4.98 Å². The van der Waals surface area contributed by atoms with E-state index in [2.05, 4.69) is 27.9 Å². The molecule has 2 aromatic heterocycles. The fraction of sp³-hybridized carbons (Fsp3) is 0.407. The standard InChI is InChI=1S/C27H26F3N3/c1-13(7-25-32-24-12-22(29)26(30)14(2)27(24)33-25)19-9-16-8-15(19)10-20(16)18-5-6-31-23-4-3-17(28)11-21(18)23/h3-6,11-13,15-16,19-20H,7-10H2,1-2H3,(H,32,33). The van der Waals surface area contributed by atoms with E-state index in [1.807, 2.05) is 6.20 Å². The molecule has 0 amide bonds. The average molecular weight is 450 g/mol. The highest BCUT2D eigenvalue weighted by atomic mass is 19.2. The number of nitrogens with one attached hydrogen (secondary N) is 1. The van der Waals surface area contributed by atoms with Crippen LogP contribution in [-0.4, -0.2) is 15.0 Å². The van der Waals surface area contributed by atoms with Gasteiger partial charge in [0.15, 0.2) is 11.6 Å². The summed E-state index contributed by atoms with van der Waals surface area (Å²) in [5.74, 6) is 1.60. The monoisotopic (exact) mass is 449 g/mol. The number of imidazole rings is 1. The van der Waals surface area contributed by atoms with Gasteiger partial charge in [0.05, 0.1) is 16.6 Å². The van der Waals surface area contributed by atoms with Crippen molar-refractivity contribution < 1.29 is 13.2 Å². The van der Waals surface area contributed by atoms with E-state index in [9.17, 15) is 13.2 Å². The van der Waals surface area contributed by atoms with Crippen molar-refractivity contribution in [2.24, 2.45) is 23.7 Å². The minimum Gasteiger partial charge on any atom is -0.342 e.